The minimum Gasteiger partial charge on any atom is -0.491 e. The molecule has 0 N–H and O–H groups in total. The molecule has 2 aromatic rings. The summed E-state index contributed by atoms with van der Waals surface area (Å²) in [5.41, 5.74) is 0.706. The van der Waals surface area contributed by atoms with E-state index in [0.29, 0.717) is 50.0 Å². The predicted molar refractivity (Wildman–Crippen MR) is 117 cm³/mol. The molecule has 1 saturated heterocycles. The average Bonchev–Trinajstić information content (AvgIpc) is 2.81. The Balaban J connectivity index is 1.45. The van der Waals surface area contributed by atoms with E-state index in [2.05, 4.69) is 0 Å². The number of carbonyl (C=O) groups is 2. The van der Waals surface area contributed by atoms with Gasteiger partial charge in [-0.05, 0) is 23.8 Å². The van der Waals surface area contributed by atoms with Crippen molar-refractivity contribution in [1.82, 2.24) is 9.80 Å². The van der Waals surface area contributed by atoms with Crippen molar-refractivity contribution in [3.05, 3.63) is 65.2 Å². The molecule has 0 aromatic heterocycles. The number of carbonyl (C=O) groups excluding carboxylic acids is 2. The average molecular weight is 447 g/mol. The number of piperazine rings is 1. The Morgan fingerprint density at radius 1 is 0.968 bits per heavy atom. The molecular formula is C23H27ClN2O5. The number of methoxy groups -OCH3 is 1. The highest BCUT2D eigenvalue weighted by molar-refractivity contribution is 6.31. The van der Waals surface area contributed by atoms with E-state index < -0.39 is 6.04 Å². The van der Waals surface area contributed by atoms with Crippen molar-refractivity contribution in [2.45, 2.75) is 6.04 Å². The van der Waals surface area contributed by atoms with Crippen LogP contribution < -0.4 is 4.74 Å². The van der Waals surface area contributed by atoms with Crippen LogP contribution in [0.15, 0.2) is 54.6 Å². The molecule has 1 amide bonds. The molecule has 1 aliphatic rings. The first-order valence-electron chi connectivity index (χ1n) is 10.2. The van der Waals surface area contributed by atoms with Gasteiger partial charge < -0.3 is 19.1 Å². The maximum atomic E-state index is 12.5. The molecular weight excluding hydrogens is 420 g/mol. The quantitative estimate of drug-likeness (QED) is 0.436. The maximum absolute atomic E-state index is 12.5. The van der Waals surface area contributed by atoms with Crippen molar-refractivity contribution < 1.29 is 23.8 Å². The summed E-state index contributed by atoms with van der Waals surface area (Å²) in [6.07, 6.45) is 0. The summed E-state index contributed by atoms with van der Waals surface area (Å²) in [6, 6.07) is 16.1. The Hall–Kier alpha value is -2.61. The molecule has 7 nitrogen and oxygen atoms in total. The van der Waals surface area contributed by atoms with Gasteiger partial charge in [-0.15, -0.1) is 0 Å². The fourth-order valence-electron chi connectivity index (χ4n) is 3.50. The summed E-state index contributed by atoms with van der Waals surface area (Å²) in [4.78, 5) is 28.6. The molecule has 1 heterocycles. The monoisotopic (exact) mass is 446 g/mol. The molecule has 0 bridgehead atoms. The number of esters is 1. The van der Waals surface area contributed by atoms with Crippen LogP contribution in [0.1, 0.15) is 11.6 Å². The lowest BCUT2D eigenvalue weighted by Crippen LogP contribution is -2.52. The van der Waals surface area contributed by atoms with Crippen molar-refractivity contribution in [2.24, 2.45) is 0 Å². The summed E-state index contributed by atoms with van der Waals surface area (Å²) in [5.74, 6) is 0.327. The molecule has 8 heteroatoms. The van der Waals surface area contributed by atoms with Crippen LogP contribution >= 0.6 is 11.6 Å². The van der Waals surface area contributed by atoms with E-state index in [4.69, 9.17) is 25.8 Å². The van der Waals surface area contributed by atoms with Gasteiger partial charge in [0.25, 0.3) is 0 Å². The Labute approximate surface area is 187 Å². The van der Waals surface area contributed by atoms with Crippen LogP contribution in [-0.4, -0.2) is 74.8 Å². The van der Waals surface area contributed by atoms with Crippen molar-refractivity contribution in [3.8, 4) is 5.75 Å². The van der Waals surface area contributed by atoms with Crippen LogP contribution in [0.3, 0.4) is 0 Å². The van der Waals surface area contributed by atoms with Crippen LogP contribution in [0.4, 0.5) is 0 Å². The molecule has 166 valence electrons. The SMILES string of the molecule is COC(=O)C(c1ccccc1Cl)N1CCN(C(=O)COCCOc2ccccc2)CC1. The van der Waals surface area contributed by atoms with Crippen molar-refractivity contribution in [3.63, 3.8) is 0 Å². The van der Waals surface area contributed by atoms with Crippen molar-refractivity contribution in [2.75, 3.05) is 53.1 Å². The van der Waals surface area contributed by atoms with Crippen LogP contribution in [0.5, 0.6) is 5.75 Å². The number of amides is 1. The largest absolute Gasteiger partial charge is 0.491 e. The predicted octanol–water partition coefficient (Wildman–Crippen LogP) is 2.79. The Morgan fingerprint density at radius 2 is 1.65 bits per heavy atom. The second-order valence-electron chi connectivity index (χ2n) is 7.08. The van der Waals surface area contributed by atoms with Gasteiger partial charge in [0.1, 0.15) is 25.0 Å². The Bertz CT molecular complexity index is 856. The Morgan fingerprint density at radius 3 is 2.32 bits per heavy atom. The minimum atomic E-state index is -0.595. The van der Waals surface area contributed by atoms with Crippen LogP contribution in [0.25, 0.3) is 0 Å². The zero-order chi connectivity index (χ0) is 22.1. The van der Waals surface area contributed by atoms with Crippen molar-refractivity contribution in [1.29, 1.82) is 0 Å². The fraction of sp³-hybridized carbons (Fsp3) is 0.391. The molecule has 0 spiro atoms. The molecule has 0 saturated carbocycles. The standard InChI is InChI=1S/C23H27ClN2O5/c1-29-23(28)22(19-9-5-6-10-20(19)24)26-13-11-25(12-14-26)21(27)17-30-15-16-31-18-7-3-2-4-8-18/h2-10,22H,11-17H2,1H3. The third-order valence-electron chi connectivity index (χ3n) is 5.12. The Kier molecular flexibility index (Phi) is 8.70. The van der Waals surface area contributed by atoms with Gasteiger partial charge in [-0.3, -0.25) is 9.69 Å². The van der Waals surface area contributed by atoms with Crippen LogP contribution in [-0.2, 0) is 19.1 Å². The summed E-state index contributed by atoms with van der Waals surface area (Å²) >= 11 is 6.31. The van der Waals surface area contributed by atoms with E-state index >= 15 is 0 Å². The molecule has 0 radical (unpaired) electrons. The van der Waals surface area contributed by atoms with Crippen molar-refractivity contribution >= 4 is 23.5 Å². The highest BCUT2D eigenvalue weighted by Crippen LogP contribution is 2.29. The van der Waals surface area contributed by atoms with Gasteiger partial charge in [-0.25, -0.2) is 4.79 Å². The van der Waals surface area contributed by atoms with E-state index in [-0.39, 0.29) is 18.5 Å². The lowest BCUT2D eigenvalue weighted by molar-refractivity contribution is -0.149. The van der Waals surface area contributed by atoms with Gasteiger partial charge in [-0.2, -0.15) is 0 Å². The number of para-hydroxylation sites is 1. The molecule has 3 rings (SSSR count). The zero-order valence-corrected chi connectivity index (χ0v) is 18.3. The van der Waals surface area contributed by atoms with Gasteiger partial charge in [0, 0.05) is 31.2 Å². The maximum Gasteiger partial charge on any atom is 0.327 e. The second kappa shape index (κ2) is 11.7. The van der Waals surface area contributed by atoms with Gasteiger partial charge >= 0.3 is 5.97 Å². The van der Waals surface area contributed by atoms with E-state index in [1.807, 2.05) is 53.4 Å². The summed E-state index contributed by atoms with van der Waals surface area (Å²) in [5, 5.41) is 0.516. The number of nitrogens with zero attached hydrogens (tertiary/aromatic N) is 2. The number of rotatable bonds is 9. The number of hydrogen-bond donors (Lipinski definition) is 0. The molecule has 31 heavy (non-hydrogen) atoms. The molecule has 2 aromatic carbocycles. The van der Waals surface area contributed by atoms with E-state index in [1.54, 1.807) is 11.0 Å². The third kappa shape index (κ3) is 6.43. The van der Waals surface area contributed by atoms with E-state index in [9.17, 15) is 9.59 Å². The number of ether oxygens (including phenoxy) is 3. The summed E-state index contributed by atoms with van der Waals surface area (Å²) in [6.45, 7) is 2.79. The second-order valence-corrected chi connectivity index (χ2v) is 7.49. The van der Waals surface area contributed by atoms with Crippen LogP contribution in [0, 0.1) is 0 Å². The number of halogens is 1. The summed E-state index contributed by atoms with van der Waals surface area (Å²) < 4.78 is 16.0. The molecule has 1 fully saturated rings. The molecule has 1 aliphatic heterocycles. The molecule has 1 atom stereocenters. The first-order valence-corrected chi connectivity index (χ1v) is 10.6. The van der Waals surface area contributed by atoms with Gasteiger partial charge in [0.2, 0.25) is 5.91 Å². The highest BCUT2D eigenvalue weighted by atomic mass is 35.5. The first-order chi connectivity index (χ1) is 15.1. The van der Waals surface area contributed by atoms with Gasteiger partial charge in [0.15, 0.2) is 0 Å². The van der Waals surface area contributed by atoms with Crippen LogP contribution in [0.2, 0.25) is 5.02 Å². The minimum absolute atomic E-state index is 0.00307. The highest BCUT2D eigenvalue weighted by Gasteiger charge is 2.33. The topological polar surface area (TPSA) is 68.3 Å². The summed E-state index contributed by atoms with van der Waals surface area (Å²) in [7, 11) is 1.37. The first kappa shape index (κ1) is 23.1. The smallest absolute Gasteiger partial charge is 0.327 e. The molecule has 1 unspecified atom stereocenters. The normalized spacial score (nSPS) is 15.4. The van der Waals surface area contributed by atoms with E-state index in [1.165, 1.54) is 7.11 Å². The molecule has 0 aliphatic carbocycles. The van der Waals surface area contributed by atoms with E-state index in [0.717, 1.165) is 5.75 Å². The lowest BCUT2D eigenvalue weighted by Gasteiger charge is -2.38. The number of benzene rings is 2. The number of hydrogen-bond acceptors (Lipinski definition) is 6. The lowest BCUT2D eigenvalue weighted by atomic mass is 10.0. The van der Waals surface area contributed by atoms with Gasteiger partial charge in [-0.1, -0.05) is 48.0 Å². The third-order valence-corrected chi connectivity index (χ3v) is 5.47. The fourth-order valence-corrected chi connectivity index (χ4v) is 3.74. The zero-order valence-electron chi connectivity index (χ0n) is 17.5. The van der Waals surface area contributed by atoms with Gasteiger partial charge in [0.05, 0.1) is 13.7 Å².